The fraction of sp³-hybridized carbons (Fsp3) is 0.143. The SMILES string of the molecule is CCN1Cc2c(Oc3ccc(NS(=O)(=O)c4ccccc4)cc3F)ccnc2NC1=O. The van der Waals surface area contributed by atoms with Gasteiger partial charge in [0.15, 0.2) is 11.6 Å². The van der Waals surface area contributed by atoms with Crippen molar-refractivity contribution in [1.29, 1.82) is 0 Å². The Labute approximate surface area is 178 Å². The molecule has 2 aromatic carbocycles. The third-order valence-electron chi connectivity index (χ3n) is 4.71. The Hall–Kier alpha value is -3.66. The molecule has 0 bridgehead atoms. The van der Waals surface area contributed by atoms with Crippen molar-refractivity contribution >= 4 is 27.6 Å². The van der Waals surface area contributed by atoms with Gasteiger partial charge in [0.25, 0.3) is 10.0 Å². The van der Waals surface area contributed by atoms with Crippen molar-refractivity contribution in [3.63, 3.8) is 0 Å². The first-order valence-corrected chi connectivity index (χ1v) is 10.9. The number of anilines is 2. The number of amides is 2. The molecule has 160 valence electrons. The highest BCUT2D eigenvalue weighted by Gasteiger charge is 2.25. The van der Waals surface area contributed by atoms with Crippen LogP contribution in [0.1, 0.15) is 12.5 Å². The zero-order chi connectivity index (χ0) is 22.0. The number of carbonyl (C=O) groups excluding carboxylic acids is 1. The molecular weight excluding hydrogens is 423 g/mol. The Morgan fingerprint density at radius 1 is 1.16 bits per heavy atom. The standard InChI is InChI=1S/C21H19FN4O4S/c1-2-26-13-16-18(10-11-23-20(16)24-21(26)27)30-19-9-8-14(12-17(19)22)25-31(28,29)15-6-4-3-5-7-15/h3-12,25H,2,13H2,1H3,(H,23,24,27). The van der Waals surface area contributed by atoms with Crippen LogP contribution in [0.3, 0.4) is 0 Å². The molecule has 8 nitrogen and oxygen atoms in total. The van der Waals surface area contributed by atoms with Crippen LogP contribution in [0.15, 0.2) is 65.7 Å². The molecule has 31 heavy (non-hydrogen) atoms. The molecule has 4 rings (SSSR count). The minimum absolute atomic E-state index is 0.0647. The van der Waals surface area contributed by atoms with E-state index in [1.54, 1.807) is 29.2 Å². The van der Waals surface area contributed by atoms with Gasteiger partial charge in [-0.1, -0.05) is 18.2 Å². The van der Waals surface area contributed by atoms with Gasteiger partial charge in [0.1, 0.15) is 11.6 Å². The van der Waals surface area contributed by atoms with E-state index in [2.05, 4.69) is 15.0 Å². The number of halogens is 1. The lowest BCUT2D eigenvalue weighted by atomic mass is 10.2. The van der Waals surface area contributed by atoms with E-state index in [0.29, 0.717) is 23.7 Å². The van der Waals surface area contributed by atoms with Crippen molar-refractivity contribution in [3.05, 3.63) is 72.2 Å². The van der Waals surface area contributed by atoms with E-state index in [9.17, 15) is 17.6 Å². The number of hydrogen-bond acceptors (Lipinski definition) is 5. The number of carbonyl (C=O) groups is 1. The summed E-state index contributed by atoms with van der Waals surface area (Å²) in [6.45, 7) is 2.61. The van der Waals surface area contributed by atoms with Gasteiger partial charge in [0, 0.05) is 18.8 Å². The van der Waals surface area contributed by atoms with Crippen LogP contribution in [0.2, 0.25) is 0 Å². The summed E-state index contributed by atoms with van der Waals surface area (Å²) in [5.74, 6) is -0.123. The predicted octanol–water partition coefficient (Wildman–Crippen LogP) is 4.18. The van der Waals surface area contributed by atoms with E-state index in [4.69, 9.17) is 4.74 Å². The number of nitrogens with zero attached hydrogens (tertiary/aromatic N) is 2. The third kappa shape index (κ3) is 4.29. The molecule has 2 amide bonds. The second-order valence-corrected chi connectivity index (χ2v) is 8.43. The zero-order valence-corrected chi connectivity index (χ0v) is 17.3. The van der Waals surface area contributed by atoms with Crippen molar-refractivity contribution < 1.29 is 22.3 Å². The van der Waals surface area contributed by atoms with Crippen LogP contribution in [0, 0.1) is 5.82 Å². The molecule has 2 heterocycles. The minimum Gasteiger partial charge on any atom is -0.454 e. The highest BCUT2D eigenvalue weighted by molar-refractivity contribution is 7.92. The highest BCUT2D eigenvalue weighted by atomic mass is 32.2. The molecule has 0 fully saturated rings. The van der Waals surface area contributed by atoms with Crippen LogP contribution in [0.4, 0.5) is 20.7 Å². The van der Waals surface area contributed by atoms with E-state index in [1.807, 2.05) is 6.92 Å². The summed E-state index contributed by atoms with van der Waals surface area (Å²) in [5, 5.41) is 2.68. The third-order valence-corrected chi connectivity index (χ3v) is 6.11. The van der Waals surface area contributed by atoms with Gasteiger partial charge in [0.05, 0.1) is 22.7 Å². The Morgan fingerprint density at radius 2 is 1.94 bits per heavy atom. The fourth-order valence-electron chi connectivity index (χ4n) is 3.11. The van der Waals surface area contributed by atoms with Crippen molar-refractivity contribution in [2.45, 2.75) is 18.4 Å². The number of pyridine rings is 1. The second-order valence-electron chi connectivity index (χ2n) is 6.75. The number of fused-ring (bicyclic) bond motifs is 1. The Kier molecular flexibility index (Phi) is 5.47. The molecule has 1 aromatic heterocycles. The molecule has 0 unspecified atom stereocenters. The molecule has 3 aromatic rings. The molecule has 0 radical (unpaired) electrons. The van der Waals surface area contributed by atoms with Crippen LogP contribution in [-0.4, -0.2) is 30.9 Å². The Balaban J connectivity index is 1.57. The molecule has 1 aliphatic heterocycles. The van der Waals surface area contributed by atoms with Gasteiger partial charge in [-0.15, -0.1) is 0 Å². The number of benzene rings is 2. The van der Waals surface area contributed by atoms with Gasteiger partial charge in [-0.2, -0.15) is 0 Å². The average molecular weight is 442 g/mol. The molecular formula is C21H19FN4O4S. The summed E-state index contributed by atoms with van der Waals surface area (Å²) in [4.78, 5) is 17.8. The van der Waals surface area contributed by atoms with Crippen LogP contribution >= 0.6 is 0 Å². The molecule has 0 aliphatic carbocycles. The maximum Gasteiger partial charge on any atom is 0.323 e. The molecule has 0 spiro atoms. The zero-order valence-electron chi connectivity index (χ0n) is 16.5. The van der Waals surface area contributed by atoms with E-state index in [-0.39, 0.29) is 28.9 Å². The summed E-state index contributed by atoms with van der Waals surface area (Å²) >= 11 is 0. The summed E-state index contributed by atoms with van der Waals surface area (Å²) in [5.41, 5.74) is 0.687. The van der Waals surface area contributed by atoms with Gasteiger partial charge >= 0.3 is 6.03 Å². The Morgan fingerprint density at radius 3 is 2.65 bits per heavy atom. The van der Waals surface area contributed by atoms with Gasteiger partial charge in [0.2, 0.25) is 0 Å². The molecule has 10 heteroatoms. The van der Waals surface area contributed by atoms with Crippen LogP contribution < -0.4 is 14.8 Å². The summed E-state index contributed by atoms with van der Waals surface area (Å²) in [7, 11) is -3.84. The van der Waals surface area contributed by atoms with E-state index in [1.165, 1.54) is 30.5 Å². The predicted molar refractivity (Wildman–Crippen MR) is 113 cm³/mol. The molecule has 1 aliphatic rings. The van der Waals surface area contributed by atoms with Gasteiger partial charge in [-0.25, -0.2) is 22.6 Å². The van der Waals surface area contributed by atoms with Crippen molar-refractivity contribution in [1.82, 2.24) is 9.88 Å². The lowest BCUT2D eigenvalue weighted by Gasteiger charge is -2.28. The molecule has 2 N–H and O–H groups in total. The van der Waals surface area contributed by atoms with E-state index >= 15 is 0 Å². The maximum absolute atomic E-state index is 14.7. The molecule has 0 atom stereocenters. The van der Waals surface area contributed by atoms with E-state index in [0.717, 1.165) is 6.07 Å². The van der Waals surface area contributed by atoms with Crippen molar-refractivity contribution in [3.8, 4) is 11.5 Å². The van der Waals surface area contributed by atoms with Gasteiger partial charge < -0.3 is 9.64 Å². The topological polar surface area (TPSA) is 101 Å². The number of ether oxygens (including phenoxy) is 1. The number of sulfonamides is 1. The minimum atomic E-state index is -3.84. The summed E-state index contributed by atoms with van der Waals surface area (Å²) in [6, 6.07) is 12.9. The largest absolute Gasteiger partial charge is 0.454 e. The smallest absolute Gasteiger partial charge is 0.323 e. The first-order valence-electron chi connectivity index (χ1n) is 9.46. The number of nitrogens with one attached hydrogen (secondary N) is 2. The average Bonchev–Trinajstić information content (AvgIpc) is 2.75. The Bertz CT molecular complexity index is 1240. The highest BCUT2D eigenvalue weighted by Crippen LogP contribution is 2.34. The summed E-state index contributed by atoms with van der Waals surface area (Å²) in [6.07, 6.45) is 1.45. The monoisotopic (exact) mass is 442 g/mol. The number of urea groups is 1. The summed E-state index contributed by atoms with van der Waals surface area (Å²) < 4.78 is 47.6. The number of hydrogen-bond donors (Lipinski definition) is 2. The van der Waals surface area contributed by atoms with Gasteiger partial charge in [-0.05, 0) is 37.3 Å². The molecule has 0 saturated heterocycles. The number of rotatable bonds is 6. The number of aromatic nitrogens is 1. The lowest BCUT2D eigenvalue weighted by Crippen LogP contribution is -2.38. The quantitative estimate of drug-likeness (QED) is 0.596. The van der Waals surface area contributed by atoms with Crippen molar-refractivity contribution in [2.75, 3.05) is 16.6 Å². The van der Waals surface area contributed by atoms with E-state index < -0.39 is 15.8 Å². The van der Waals surface area contributed by atoms with Gasteiger partial charge in [-0.3, -0.25) is 10.0 Å². The molecule has 0 saturated carbocycles. The lowest BCUT2D eigenvalue weighted by molar-refractivity contribution is 0.209. The fourth-order valence-corrected chi connectivity index (χ4v) is 4.18. The van der Waals surface area contributed by atoms with Crippen molar-refractivity contribution in [2.24, 2.45) is 0 Å². The van der Waals surface area contributed by atoms with Crippen LogP contribution in [0.5, 0.6) is 11.5 Å². The normalized spacial score (nSPS) is 13.4. The van der Waals surface area contributed by atoms with Crippen LogP contribution in [-0.2, 0) is 16.6 Å². The maximum atomic E-state index is 14.7. The second kappa shape index (κ2) is 8.23. The first kappa shape index (κ1) is 20.6. The first-order chi connectivity index (χ1) is 14.9. The van der Waals surface area contributed by atoms with Crippen LogP contribution in [0.25, 0.3) is 0 Å².